The molecule has 0 fully saturated rings. The molecule has 0 saturated carbocycles. The maximum Gasteiger partial charge on any atom is 0.276 e. The predicted octanol–water partition coefficient (Wildman–Crippen LogP) is 2.39. The van der Waals surface area contributed by atoms with Gasteiger partial charge >= 0.3 is 0 Å². The number of ketones is 1. The number of hydrazine groups is 1. The molecule has 2 rings (SSSR count). The second-order valence-corrected chi connectivity index (χ2v) is 5.65. The Bertz CT molecular complexity index is 821. The van der Waals surface area contributed by atoms with Gasteiger partial charge in [-0.15, -0.1) is 0 Å². The van der Waals surface area contributed by atoms with Gasteiger partial charge in [-0.1, -0.05) is 11.6 Å². The lowest BCUT2D eigenvalue weighted by Crippen LogP contribution is -2.43. The molecule has 0 aliphatic heterocycles. The highest BCUT2D eigenvalue weighted by Gasteiger charge is 2.14. The standard InChI is InChI=1S/C18H17ClN2O5/c1-11(22)12-3-6-14(7-4-12)26-10-17(23)20-21-18(24)15-9-13(19)5-8-16(15)25-2/h3-9H,10H2,1-2H3,(H,20,23)(H,21,24). The van der Waals surface area contributed by atoms with Crippen molar-refractivity contribution in [3.8, 4) is 11.5 Å². The van der Waals surface area contributed by atoms with Crippen LogP contribution in [0.2, 0.25) is 5.02 Å². The molecule has 2 aromatic rings. The van der Waals surface area contributed by atoms with Crippen molar-refractivity contribution in [2.24, 2.45) is 0 Å². The monoisotopic (exact) mass is 376 g/mol. The van der Waals surface area contributed by atoms with E-state index in [1.807, 2.05) is 0 Å². The van der Waals surface area contributed by atoms with Crippen molar-refractivity contribution in [1.82, 2.24) is 10.9 Å². The van der Waals surface area contributed by atoms with Gasteiger partial charge in [0.15, 0.2) is 12.4 Å². The Labute approximate surface area is 155 Å². The van der Waals surface area contributed by atoms with Crippen LogP contribution in [0.3, 0.4) is 0 Å². The van der Waals surface area contributed by atoms with Gasteiger partial charge < -0.3 is 9.47 Å². The molecular formula is C18H17ClN2O5. The summed E-state index contributed by atoms with van der Waals surface area (Å²) in [5.74, 6) is -0.456. The summed E-state index contributed by atoms with van der Waals surface area (Å²) in [5, 5.41) is 0.361. The Morgan fingerprint density at radius 3 is 2.35 bits per heavy atom. The fraction of sp³-hybridized carbons (Fsp3) is 0.167. The first kappa shape index (κ1) is 19.3. The third-order valence-corrected chi connectivity index (χ3v) is 3.59. The molecule has 0 atom stereocenters. The molecule has 0 radical (unpaired) electrons. The van der Waals surface area contributed by atoms with Crippen LogP contribution < -0.4 is 20.3 Å². The summed E-state index contributed by atoms with van der Waals surface area (Å²) >= 11 is 5.86. The van der Waals surface area contributed by atoms with E-state index in [2.05, 4.69) is 10.9 Å². The molecule has 0 unspecified atom stereocenters. The second-order valence-electron chi connectivity index (χ2n) is 5.22. The molecule has 0 saturated heterocycles. The summed E-state index contributed by atoms with van der Waals surface area (Å²) in [6.07, 6.45) is 0. The Balaban J connectivity index is 1.86. The Kier molecular flexibility index (Phi) is 6.57. The van der Waals surface area contributed by atoms with E-state index in [0.717, 1.165) is 0 Å². The van der Waals surface area contributed by atoms with Crippen LogP contribution in [0.4, 0.5) is 0 Å². The van der Waals surface area contributed by atoms with E-state index in [9.17, 15) is 14.4 Å². The Morgan fingerprint density at radius 1 is 1.04 bits per heavy atom. The molecule has 0 bridgehead atoms. The van der Waals surface area contributed by atoms with Crippen molar-refractivity contribution in [3.05, 3.63) is 58.6 Å². The van der Waals surface area contributed by atoms with Gasteiger partial charge in [0.1, 0.15) is 11.5 Å². The quantitative estimate of drug-likeness (QED) is 0.596. The molecule has 0 spiro atoms. The van der Waals surface area contributed by atoms with Crippen LogP contribution >= 0.6 is 11.6 Å². The van der Waals surface area contributed by atoms with E-state index < -0.39 is 11.8 Å². The van der Waals surface area contributed by atoms with E-state index in [-0.39, 0.29) is 18.0 Å². The molecule has 2 aromatic carbocycles. The maximum absolute atomic E-state index is 12.1. The van der Waals surface area contributed by atoms with Crippen molar-refractivity contribution < 1.29 is 23.9 Å². The van der Waals surface area contributed by atoms with Crippen molar-refractivity contribution in [3.63, 3.8) is 0 Å². The van der Waals surface area contributed by atoms with Gasteiger partial charge in [-0.2, -0.15) is 0 Å². The number of rotatable bonds is 6. The lowest BCUT2D eigenvalue weighted by molar-refractivity contribution is -0.123. The number of carbonyl (C=O) groups is 3. The molecule has 26 heavy (non-hydrogen) atoms. The number of amides is 2. The van der Waals surface area contributed by atoms with Gasteiger partial charge in [0.2, 0.25) is 0 Å². The highest BCUT2D eigenvalue weighted by molar-refractivity contribution is 6.31. The number of halogens is 1. The van der Waals surface area contributed by atoms with E-state index in [1.54, 1.807) is 36.4 Å². The van der Waals surface area contributed by atoms with Crippen LogP contribution in [0.5, 0.6) is 11.5 Å². The van der Waals surface area contributed by atoms with E-state index >= 15 is 0 Å². The summed E-state index contributed by atoms with van der Waals surface area (Å²) in [5.41, 5.74) is 5.22. The van der Waals surface area contributed by atoms with Gasteiger partial charge in [0.25, 0.3) is 11.8 Å². The molecule has 0 aliphatic rings. The minimum atomic E-state index is -0.580. The first-order chi connectivity index (χ1) is 12.4. The topological polar surface area (TPSA) is 93.7 Å². The summed E-state index contributed by atoms with van der Waals surface area (Å²) in [7, 11) is 1.42. The minimum Gasteiger partial charge on any atom is -0.496 e. The fourth-order valence-electron chi connectivity index (χ4n) is 2.02. The third-order valence-electron chi connectivity index (χ3n) is 3.35. The molecule has 0 aromatic heterocycles. The number of Topliss-reactive ketones (excluding diaryl/α,β-unsaturated/α-hetero) is 1. The number of ether oxygens (including phenoxy) is 2. The average molecular weight is 377 g/mol. The third kappa shape index (κ3) is 5.22. The fourth-order valence-corrected chi connectivity index (χ4v) is 2.19. The van der Waals surface area contributed by atoms with Crippen LogP contribution in [0.1, 0.15) is 27.6 Å². The molecule has 0 heterocycles. The molecule has 2 N–H and O–H groups in total. The summed E-state index contributed by atoms with van der Waals surface area (Å²) in [4.78, 5) is 35.1. The van der Waals surface area contributed by atoms with Gasteiger partial charge in [0.05, 0.1) is 12.7 Å². The predicted molar refractivity (Wildman–Crippen MR) is 95.6 cm³/mol. The second kappa shape index (κ2) is 8.87. The summed E-state index contributed by atoms with van der Waals surface area (Å²) in [6.45, 7) is 1.15. The maximum atomic E-state index is 12.1. The summed E-state index contributed by atoms with van der Waals surface area (Å²) in [6, 6.07) is 10.9. The van der Waals surface area contributed by atoms with Crippen LogP contribution in [-0.4, -0.2) is 31.3 Å². The Morgan fingerprint density at radius 2 is 1.73 bits per heavy atom. The van der Waals surface area contributed by atoms with Crippen LogP contribution in [0.25, 0.3) is 0 Å². The highest BCUT2D eigenvalue weighted by Crippen LogP contribution is 2.22. The smallest absolute Gasteiger partial charge is 0.276 e. The highest BCUT2D eigenvalue weighted by atomic mass is 35.5. The first-order valence-electron chi connectivity index (χ1n) is 7.57. The minimum absolute atomic E-state index is 0.0616. The van der Waals surface area contributed by atoms with Crippen LogP contribution in [0.15, 0.2) is 42.5 Å². The zero-order valence-corrected chi connectivity index (χ0v) is 14.9. The van der Waals surface area contributed by atoms with Crippen molar-refractivity contribution in [1.29, 1.82) is 0 Å². The van der Waals surface area contributed by atoms with Crippen molar-refractivity contribution >= 4 is 29.2 Å². The van der Waals surface area contributed by atoms with Crippen LogP contribution in [-0.2, 0) is 4.79 Å². The average Bonchev–Trinajstić information content (AvgIpc) is 2.64. The van der Waals surface area contributed by atoms with E-state index in [4.69, 9.17) is 21.1 Å². The number of nitrogens with one attached hydrogen (secondary N) is 2. The van der Waals surface area contributed by atoms with E-state index in [1.165, 1.54) is 20.1 Å². The molecule has 8 heteroatoms. The number of hydrogen-bond donors (Lipinski definition) is 2. The lowest BCUT2D eigenvalue weighted by atomic mass is 10.1. The van der Waals surface area contributed by atoms with Gasteiger partial charge in [-0.05, 0) is 49.4 Å². The zero-order chi connectivity index (χ0) is 19.1. The molecule has 7 nitrogen and oxygen atoms in total. The number of carbonyl (C=O) groups excluding carboxylic acids is 3. The lowest BCUT2D eigenvalue weighted by Gasteiger charge is -2.11. The SMILES string of the molecule is COc1ccc(Cl)cc1C(=O)NNC(=O)COc1ccc(C(C)=O)cc1. The molecule has 2 amide bonds. The number of methoxy groups -OCH3 is 1. The normalized spacial score (nSPS) is 9.96. The largest absolute Gasteiger partial charge is 0.496 e. The number of hydrogen-bond acceptors (Lipinski definition) is 5. The van der Waals surface area contributed by atoms with E-state index in [0.29, 0.717) is 22.1 Å². The number of benzene rings is 2. The molecule has 0 aliphatic carbocycles. The van der Waals surface area contributed by atoms with Gasteiger partial charge in [-0.3, -0.25) is 25.2 Å². The molecule has 136 valence electrons. The van der Waals surface area contributed by atoms with Crippen molar-refractivity contribution in [2.75, 3.05) is 13.7 Å². The first-order valence-corrected chi connectivity index (χ1v) is 7.95. The zero-order valence-electron chi connectivity index (χ0n) is 14.2. The molecular weight excluding hydrogens is 360 g/mol. The van der Waals surface area contributed by atoms with Crippen LogP contribution in [0, 0.1) is 0 Å². The Hall–Kier alpha value is -3.06. The van der Waals surface area contributed by atoms with Crippen molar-refractivity contribution in [2.45, 2.75) is 6.92 Å². The van der Waals surface area contributed by atoms with Gasteiger partial charge in [0, 0.05) is 10.6 Å². The summed E-state index contributed by atoms with van der Waals surface area (Å²) < 4.78 is 10.4. The van der Waals surface area contributed by atoms with Gasteiger partial charge in [-0.25, -0.2) is 0 Å².